The SMILES string of the molecule is C=CCN(C(=O)C(NC(=O)OC(C)(C)C)C(C)C)C(C(=O)NC(Cc1ccccc1)C(=O)OC(C)(C)C)c1ccc(O)c(C)c1. The summed E-state index contributed by atoms with van der Waals surface area (Å²) in [6, 6.07) is 10.4. The molecule has 0 saturated heterocycles. The number of phenolic OH excluding ortho intramolecular Hbond substituents is 1. The Morgan fingerprint density at radius 3 is 2.04 bits per heavy atom. The van der Waals surface area contributed by atoms with E-state index in [-0.39, 0.29) is 24.6 Å². The Balaban J connectivity index is 2.61. The van der Waals surface area contributed by atoms with Crippen LogP contribution in [0.15, 0.2) is 61.2 Å². The van der Waals surface area contributed by atoms with Gasteiger partial charge in [0.1, 0.15) is 35.1 Å². The highest BCUT2D eigenvalue weighted by atomic mass is 16.6. The lowest BCUT2D eigenvalue weighted by atomic mass is 9.97. The number of nitrogens with zero attached hydrogens (tertiary/aromatic N) is 1. The fourth-order valence-corrected chi connectivity index (χ4v) is 4.58. The summed E-state index contributed by atoms with van der Waals surface area (Å²) in [7, 11) is 0. The minimum Gasteiger partial charge on any atom is -0.508 e. The third-order valence-corrected chi connectivity index (χ3v) is 6.60. The number of benzene rings is 2. The molecule has 2 aromatic carbocycles. The summed E-state index contributed by atoms with van der Waals surface area (Å²) >= 11 is 0. The van der Waals surface area contributed by atoms with E-state index in [9.17, 15) is 24.3 Å². The molecule has 246 valence electrons. The molecular weight excluding hydrogens is 574 g/mol. The zero-order valence-corrected chi connectivity index (χ0v) is 28.0. The number of ether oxygens (including phenoxy) is 2. The first-order chi connectivity index (χ1) is 20.8. The number of carbonyl (C=O) groups is 4. The van der Waals surface area contributed by atoms with Gasteiger partial charge in [0.15, 0.2) is 0 Å². The number of aromatic hydroxyl groups is 1. The molecule has 0 radical (unpaired) electrons. The van der Waals surface area contributed by atoms with Crippen LogP contribution in [0.4, 0.5) is 4.79 Å². The molecule has 45 heavy (non-hydrogen) atoms. The maximum Gasteiger partial charge on any atom is 0.408 e. The van der Waals surface area contributed by atoms with E-state index < -0.39 is 53.2 Å². The Bertz CT molecular complexity index is 1340. The van der Waals surface area contributed by atoms with Gasteiger partial charge in [0.25, 0.3) is 0 Å². The molecule has 0 spiro atoms. The molecule has 3 amide bonds. The van der Waals surface area contributed by atoms with Gasteiger partial charge in [-0.3, -0.25) is 9.59 Å². The molecule has 0 heterocycles. The van der Waals surface area contributed by atoms with Crippen molar-refractivity contribution in [3.05, 3.63) is 77.9 Å². The van der Waals surface area contributed by atoms with Crippen LogP contribution in [-0.2, 0) is 30.3 Å². The number of esters is 1. The van der Waals surface area contributed by atoms with E-state index in [0.717, 1.165) is 5.56 Å². The third kappa shape index (κ3) is 11.6. The fraction of sp³-hybridized carbons (Fsp3) is 0.486. The Morgan fingerprint density at radius 2 is 1.53 bits per heavy atom. The number of nitrogens with one attached hydrogen (secondary N) is 2. The van der Waals surface area contributed by atoms with Crippen LogP contribution in [0.1, 0.15) is 78.1 Å². The summed E-state index contributed by atoms with van der Waals surface area (Å²) < 4.78 is 11.1. The van der Waals surface area contributed by atoms with Crippen molar-refractivity contribution >= 4 is 23.9 Å². The Labute approximate surface area is 267 Å². The molecule has 0 bridgehead atoms. The van der Waals surface area contributed by atoms with Crippen molar-refractivity contribution in [3.8, 4) is 5.75 Å². The van der Waals surface area contributed by atoms with Crippen molar-refractivity contribution in [3.63, 3.8) is 0 Å². The van der Waals surface area contributed by atoms with Gasteiger partial charge in [-0.25, -0.2) is 9.59 Å². The summed E-state index contributed by atoms with van der Waals surface area (Å²) in [5, 5.41) is 15.7. The summed E-state index contributed by atoms with van der Waals surface area (Å²) in [4.78, 5) is 56.0. The van der Waals surface area contributed by atoms with E-state index in [4.69, 9.17) is 9.47 Å². The predicted molar refractivity (Wildman–Crippen MR) is 173 cm³/mol. The highest BCUT2D eigenvalue weighted by molar-refractivity contribution is 5.94. The molecule has 0 aromatic heterocycles. The van der Waals surface area contributed by atoms with Crippen molar-refractivity contribution < 1.29 is 33.8 Å². The normalized spacial score (nSPS) is 13.6. The molecule has 2 aromatic rings. The number of carbonyl (C=O) groups excluding carboxylic acids is 4. The zero-order chi connectivity index (χ0) is 34.1. The van der Waals surface area contributed by atoms with Crippen LogP contribution >= 0.6 is 0 Å². The second-order valence-electron chi connectivity index (χ2n) is 13.4. The van der Waals surface area contributed by atoms with Gasteiger partial charge >= 0.3 is 12.1 Å². The summed E-state index contributed by atoms with van der Waals surface area (Å²) in [5.41, 5.74) is 0.0622. The maximum absolute atomic E-state index is 14.3. The van der Waals surface area contributed by atoms with Crippen LogP contribution < -0.4 is 10.6 Å². The summed E-state index contributed by atoms with van der Waals surface area (Å²) in [5.74, 6) is -2.20. The molecule has 3 atom stereocenters. The molecule has 0 aliphatic carbocycles. The number of aryl methyl sites for hydroxylation is 1. The van der Waals surface area contributed by atoms with Crippen LogP contribution in [0.2, 0.25) is 0 Å². The molecule has 3 N–H and O–H groups in total. The van der Waals surface area contributed by atoms with E-state index >= 15 is 0 Å². The lowest BCUT2D eigenvalue weighted by Gasteiger charge is -2.36. The second-order valence-corrected chi connectivity index (χ2v) is 13.4. The van der Waals surface area contributed by atoms with Crippen molar-refractivity contribution in [2.45, 2.75) is 98.1 Å². The number of alkyl carbamates (subject to hydrolysis) is 1. The largest absolute Gasteiger partial charge is 0.508 e. The van der Waals surface area contributed by atoms with Gasteiger partial charge in [0.05, 0.1) is 0 Å². The maximum atomic E-state index is 14.3. The predicted octanol–water partition coefficient (Wildman–Crippen LogP) is 5.37. The molecule has 2 rings (SSSR count). The zero-order valence-electron chi connectivity index (χ0n) is 28.0. The minimum absolute atomic E-state index is 0.0156. The second kappa shape index (κ2) is 15.6. The first-order valence-corrected chi connectivity index (χ1v) is 15.1. The van der Waals surface area contributed by atoms with Crippen molar-refractivity contribution in [1.29, 1.82) is 0 Å². The quantitative estimate of drug-likeness (QED) is 0.214. The number of hydrogen-bond donors (Lipinski definition) is 3. The van der Waals surface area contributed by atoms with Gasteiger partial charge in [-0.1, -0.05) is 56.3 Å². The Kier molecular flexibility index (Phi) is 12.8. The van der Waals surface area contributed by atoms with Crippen molar-refractivity contribution in [2.75, 3.05) is 6.54 Å². The van der Waals surface area contributed by atoms with Crippen LogP contribution in [0, 0.1) is 12.8 Å². The summed E-state index contributed by atoms with van der Waals surface area (Å²) in [6.45, 7) is 19.3. The number of hydrogen-bond acceptors (Lipinski definition) is 7. The Hall–Kier alpha value is -4.34. The molecule has 0 fully saturated rings. The van der Waals surface area contributed by atoms with E-state index in [1.165, 1.54) is 17.0 Å². The van der Waals surface area contributed by atoms with E-state index in [0.29, 0.717) is 11.1 Å². The fourth-order valence-electron chi connectivity index (χ4n) is 4.58. The van der Waals surface area contributed by atoms with Crippen LogP contribution in [0.25, 0.3) is 0 Å². The highest BCUT2D eigenvalue weighted by Gasteiger charge is 2.39. The molecule has 0 aliphatic heterocycles. The smallest absolute Gasteiger partial charge is 0.408 e. The first kappa shape index (κ1) is 36.8. The van der Waals surface area contributed by atoms with E-state index in [2.05, 4.69) is 17.2 Å². The molecule has 0 saturated carbocycles. The van der Waals surface area contributed by atoms with Gasteiger partial charge in [-0.15, -0.1) is 6.58 Å². The minimum atomic E-state index is -1.27. The van der Waals surface area contributed by atoms with E-state index in [1.54, 1.807) is 74.4 Å². The highest BCUT2D eigenvalue weighted by Crippen LogP contribution is 2.28. The van der Waals surface area contributed by atoms with Gasteiger partial charge in [0.2, 0.25) is 11.8 Å². The summed E-state index contributed by atoms with van der Waals surface area (Å²) in [6.07, 6.45) is 0.848. The van der Waals surface area contributed by atoms with Gasteiger partial charge in [-0.05, 0) is 83.2 Å². The van der Waals surface area contributed by atoms with Crippen molar-refractivity contribution in [1.82, 2.24) is 15.5 Å². The van der Waals surface area contributed by atoms with Crippen LogP contribution in [0.3, 0.4) is 0 Å². The van der Waals surface area contributed by atoms with Gasteiger partial charge in [-0.2, -0.15) is 0 Å². The monoisotopic (exact) mass is 623 g/mol. The lowest BCUT2D eigenvalue weighted by Crippen LogP contribution is -2.56. The third-order valence-electron chi connectivity index (χ3n) is 6.60. The molecule has 10 nitrogen and oxygen atoms in total. The lowest BCUT2D eigenvalue weighted by molar-refractivity contribution is -0.159. The average molecular weight is 624 g/mol. The van der Waals surface area contributed by atoms with Gasteiger partial charge in [0, 0.05) is 13.0 Å². The number of phenols is 1. The standard InChI is InChI=1S/C35H49N3O7/c1-11-19-38(31(41)28(22(2)3)37-33(43)45-35(8,9)10)29(25-17-18-27(39)23(4)20-25)30(40)36-26(32(42)44-34(5,6)7)21-24-15-13-12-14-16-24/h11-18,20,22,26,28-29,39H,1,19,21H2,2-10H3,(H,36,40)(H,37,43). The molecule has 3 unspecified atom stereocenters. The average Bonchev–Trinajstić information content (AvgIpc) is 2.91. The van der Waals surface area contributed by atoms with Gasteiger partial charge < -0.3 is 30.1 Å². The number of rotatable bonds is 12. The number of amides is 3. The van der Waals surface area contributed by atoms with Crippen LogP contribution in [0.5, 0.6) is 5.75 Å². The molecule has 10 heteroatoms. The van der Waals surface area contributed by atoms with Crippen LogP contribution in [-0.4, -0.2) is 63.7 Å². The first-order valence-electron chi connectivity index (χ1n) is 15.1. The molecule has 0 aliphatic rings. The molecular formula is C35H49N3O7. The van der Waals surface area contributed by atoms with Crippen molar-refractivity contribution in [2.24, 2.45) is 5.92 Å². The topological polar surface area (TPSA) is 134 Å². The van der Waals surface area contributed by atoms with E-state index in [1.807, 2.05) is 30.3 Å². The Morgan fingerprint density at radius 1 is 0.933 bits per heavy atom.